The molecular formula is C49H78N6O11. The van der Waals surface area contributed by atoms with Crippen LogP contribution in [0.3, 0.4) is 0 Å². The summed E-state index contributed by atoms with van der Waals surface area (Å²) >= 11 is 0. The summed E-state index contributed by atoms with van der Waals surface area (Å²) < 4.78 is 11.9. The standard InChI is InChI=1S/C49H78N6O11/c1-12-31(6)43(37(65-10)28-40(58)54-25-19-22-36(54)44(66-11)33(8)45(59)50-35(49(63)64)27-34-20-15-13-16-21-34)53(9)48(62)42(30(4)5)52-46(60)41(29(2)3)51-38(56)23-17-14-18-24-55-39(57)26-32(7)47(55)61/h13,15-16,20-21,29-33,35-37,41-44H,12,14,17-19,22-28H2,1-11H3,(H,50,59)(H,51,56)(H,52,60)(H,63,64)/t31-,32?,33+,35-,36-,37+,41-,42-,43-,44+/m0/s1. The van der Waals surface area contributed by atoms with E-state index in [4.69, 9.17) is 9.47 Å². The molecule has 1 aromatic carbocycles. The van der Waals surface area contributed by atoms with E-state index in [0.717, 1.165) is 5.56 Å². The Morgan fingerprint density at radius 3 is 2.06 bits per heavy atom. The number of aliphatic carboxylic acids is 1. The Morgan fingerprint density at radius 1 is 0.864 bits per heavy atom. The average Bonchev–Trinajstić information content (AvgIpc) is 3.86. The highest BCUT2D eigenvalue weighted by molar-refractivity contribution is 6.03. The number of hydrogen-bond acceptors (Lipinski definition) is 10. The summed E-state index contributed by atoms with van der Waals surface area (Å²) in [6.45, 7) is 15.4. The van der Waals surface area contributed by atoms with Crippen molar-refractivity contribution in [1.82, 2.24) is 30.7 Å². The molecule has 10 atom stereocenters. The van der Waals surface area contributed by atoms with Crippen LogP contribution in [0.4, 0.5) is 0 Å². The lowest BCUT2D eigenvalue weighted by Crippen LogP contribution is -2.60. The number of amides is 7. The minimum atomic E-state index is -1.16. The predicted molar refractivity (Wildman–Crippen MR) is 248 cm³/mol. The van der Waals surface area contributed by atoms with Crippen LogP contribution in [0.1, 0.15) is 119 Å². The van der Waals surface area contributed by atoms with Gasteiger partial charge in [0.1, 0.15) is 18.1 Å². The molecule has 2 fully saturated rings. The van der Waals surface area contributed by atoms with Gasteiger partial charge in [0.15, 0.2) is 0 Å². The quantitative estimate of drug-likeness (QED) is 0.0731. The van der Waals surface area contributed by atoms with Crippen LogP contribution in [0.25, 0.3) is 0 Å². The molecule has 0 spiro atoms. The monoisotopic (exact) mass is 927 g/mol. The van der Waals surface area contributed by atoms with Gasteiger partial charge in [0.05, 0.1) is 36.6 Å². The molecule has 2 saturated heterocycles. The summed E-state index contributed by atoms with van der Waals surface area (Å²) in [6.07, 6.45) is 2.51. The number of ether oxygens (including phenoxy) is 2. The van der Waals surface area contributed by atoms with E-state index < -0.39 is 66.1 Å². The molecule has 0 radical (unpaired) electrons. The Kier molecular flexibility index (Phi) is 22.2. The average molecular weight is 927 g/mol. The lowest BCUT2D eigenvalue weighted by Gasteiger charge is -2.41. The summed E-state index contributed by atoms with van der Waals surface area (Å²) in [5.74, 6) is -5.29. The van der Waals surface area contributed by atoms with Crippen molar-refractivity contribution < 1.29 is 52.9 Å². The summed E-state index contributed by atoms with van der Waals surface area (Å²) in [7, 11) is 4.62. The molecule has 370 valence electrons. The van der Waals surface area contributed by atoms with E-state index in [1.165, 1.54) is 19.1 Å². The Hall–Kier alpha value is -4.90. The molecule has 0 bridgehead atoms. The zero-order chi connectivity index (χ0) is 49.4. The number of likely N-dealkylation sites (N-methyl/N-ethyl adjacent to an activating group) is 1. The Balaban J connectivity index is 1.68. The van der Waals surface area contributed by atoms with Crippen molar-refractivity contribution in [3.05, 3.63) is 35.9 Å². The first-order valence-electron chi connectivity index (χ1n) is 23.8. The molecule has 2 heterocycles. The van der Waals surface area contributed by atoms with Crippen LogP contribution in [0.5, 0.6) is 0 Å². The fourth-order valence-corrected chi connectivity index (χ4v) is 9.23. The number of nitrogens with zero attached hydrogens (tertiary/aromatic N) is 3. The van der Waals surface area contributed by atoms with Gasteiger partial charge in [-0.05, 0) is 49.0 Å². The summed E-state index contributed by atoms with van der Waals surface area (Å²) in [5, 5.41) is 18.4. The first-order chi connectivity index (χ1) is 31.2. The summed E-state index contributed by atoms with van der Waals surface area (Å²) in [6, 6.07) is 4.93. The van der Waals surface area contributed by atoms with Crippen molar-refractivity contribution in [3.63, 3.8) is 0 Å². The number of methoxy groups -OCH3 is 2. The molecule has 2 aliphatic heterocycles. The van der Waals surface area contributed by atoms with Gasteiger partial charge in [-0.15, -0.1) is 0 Å². The second-order valence-electron chi connectivity index (χ2n) is 19.0. The van der Waals surface area contributed by atoms with Crippen LogP contribution < -0.4 is 16.0 Å². The van der Waals surface area contributed by atoms with E-state index in [-0.39, 0.29) is 78.9 Å². The molecule has 4 N–H and O–H groups in total. The normalized spacial score (nSPS) is 20.0. The Morgan fingerprint density at radius 2 is 1.52 bits per heavy atom. The third-order valence-electron chi connectivity index (χ3n) is 13.4. The van der Waals surface area contributed by atoms with Gasteiger partial charge in [0, 0.05) is 59.5 Å². The fourth-order valence-electron chi connectivity index (χ4n) is 9.23. The number of carbonyl (C=O) groups is 8. The number of unbranched alkanes of at least 4 members (excludes halogenated alkanes) is 2. The van der Waals surface area contributed by atoms with Gasteiger partial charge < -0.3 is 40.3 Å². The van der Waals surface area contributed by atoms with E-state index >= 15 is 0 Å². The van der Waals surface area contributed by atoms with Crippen molar-refractivity contribution in [3.8, 4) is 0 Å². The number of benzene rings is 1. The second-order valence-corrected chi connectivity index (χ2v) is 19.0. The smallest absolute Gasteiger partial charge is 0.326 e. The van der Waals surface area contributed by atoms with Crippen molar-refractivity contribution in [2.24, 2.45) is 29.6 Å². The largest absolute Gasteiger partial charge is 0.480 e. The molecule has 3 rings (SSSR count). The van der Waals surface area contributed by atoms with E-state index in [2.05, 4.69) is 16.0 Å². The lowest BCUT2D eigenvalue weighted by atomic mass is 9.89. The number of carbonyl (C=O) groups excluding carboxylic acids is 7. The van der Waals surface area contributed by atoms with Gasteiger partial charge in [-0.3, -0.25) is 38.5 Å². The second kappa shape index (κ2) is 26.4. The highest BCUT2D eigenvalue weighted by atomic mass is 16.5. The van der Waals surface area contributed by atoms with E-state index in [9.17, 15) is 43.5 Å². The number of carboxylic acids is 1. The highest BCUT2D eigenvalue weighted by Crippen LogP contribution is 2.30. The van der Waals surface area contributed by atoms with Crippen molar-refractivity contribution in [2.75, 3.05) is 34.4 Å². The molecule has 1 aromatic rings. The van der Waals surface area contributed by atoms with Crippen LogP contribution in [0, 0.1) is 29.6 Å². The van der Waals surface area contributed by atoms with Crippen LogP contribution >= 0.6 is 0 Å². The van der Waals surface area contributed by atoms with Gasteiger partial charge in [0.2, 0.25) is 41.4 Å². The molecule has 0 aromatic heterocycles. The summed E-state index contributed by atoms with van der Waals surface area (Å²) in [4.78, 5) is 110. The van der Waals surface area contributed by atoms with Crippen LogP contribution in [-0.4, -0.2) is 144 Å². The number of rotatable bonds is 27. The molecule has 17 nitrogen and oxygen atoms in total. The molecule has 1 unspecified atom stereocenters. The van der Waals surface area contributed by atoms with Gasteiger partial charge in [-0.1, -0.05) is 98.6 Å². The van der Waals surface area contributed by atoms with Crippen molar-refractivity contribution in [1.29, 1.82) is 0 Å². The molecule has 7 amide bonds. The maximum absolute atomic E-state index is 14.5. The van der Waals surface area contributed by atoms with Crippen LogP contribution in [0.2, 0.25) is 0 Å². The van der Waals surface area contributed by atoms with E-state index in [1.54, 1.807) is 55.0 Å². The first kappa shape index (κ1) is 55.4. The van der Waals surface area contributed by atoms with E-state index in [0.29, 0.717) is 51.6 Å². The fraction of sp³-hybridized carbons (Fsp3) is 0.714. The molecule has 0 aliphatic carbocycles. The number of likely N-dealkylation sites (tertiary alicyclic amines) is 2. The highest BCUT2D eigenvalue weighted by Gasteiger charge is 2.44. The molecule has 0 saturated carbocycles. The van der Waals surface area contributed by atoms with E-state index in [1.807, 2.05) is 47.6 Å². The zero-order valence-electron chi connectivity index (χ0n) is 41.2. The van der Waals surface area contributed by atoms with Gasteiger partial charge in [-0.2, -0.15) is 0 Å². The molecule has 2 aliphatic rings. The third-order valence-corrected chi connectivity index (χ3v) is 13.4. The van der Waals surface area contributed by atoms with Crippen molar-refractivity contribution >= 4 is 47.3 Å². The predicted octanol–water partition coefficient (Wildman–Crippen LogP) is 3.96. The van der Waals surface area contributed by atoms with Crippen LogP contribution in [-0.2, 0) is 54.3 Å². The van der Waals surface area contributed by atoms with Crippen LogP contribution in [0.15, 0.2) is 30.3 Å². The van der Waals surface area contributed by atoms with Gasteiger partial charge in [0.25, 0.3) is 0 Å². The topological polar surface area (TPSA) is 221 Å². The number of carboxylic acid groups (broad SMARTS) is 1. The maximum Gasteiger partial charge on any atom is 0.326 e. The first-order valence-corrected chi connectivity index (χ1v) is 23.8. The van der Waals surface area contributed by atoms with Crippen molar-refractivity contribution in [2.45, 2.75) is 162 Å². The lowest BCUT2D eigenvalue weighted by molar-refractivity contribution is -0.148. The number of imide groups is 1. The summed E-state index contributed by atoms with van der Waals surface area (Å²) in [5.41, 5.74) is 0.763. The Bertz CT molecular complexity index is 1810. The number of nitrogens with one attached hydrogen (secondary N) is 3. The molecular weight excluding hydrogens is 849 g/mol. The van der Waals surface area contributed by atoms with Gasteiger partial charge >= 0.3 is 5.97 Å². The third kappa shape index (κ3) is 15.1. The molecule has 17 heteroatoms. The minimum Gasteiger partial charge on any atom is -0.480 e. The zero-order valence-corrected chi connectivity index (χ0v) is 41.2. The van der Waals surface area contributed by atoms with Gasteiger partial charge in [-0.25, -0.2) is 4.79 Å². The number of hydrogen-bond donors (Lipinski definition) is 4. The molecule has 66 heavy (non-hydrogen) atoms. The SMILES string of the molecule is CC[C@H](C)[C@@H]([C@@H](CC(=O)N1CCC[C@H]1[C@H](OC)[C@@H](C)C(=O)N[C@@H](Cc1ccccc1)C(=O)O)OC)N(C)C(=O)[C@@H](NC(=O)[C@@H](NC(=O)CCCCCN1C(=O)CC(C)C1=O)C(C)C)C(C)C. The minimum absolute atomic E-state index is 0.0807. The maximum atomic E-state index is 14.5. The Labute approximate surface area is 391 Å².